The number of carbonyl (C=O) groups excluding carboxylic acids is 1. The summed E-state index contributed by atoms with van der Waals surface area (Å²) in [6.07, 6.45) is 1.31. The summed E-state index contributed by atoms with van der Waals surface area (Å²) in [7, 11) is 0. The van der Waals surface area contributed by atoms with Gasteiger partial charge in [-0.1, -0.05) is 48.0 Å². The molecular formula is C22H16Br2ClN3O4. The molecule has 0 saturated carbocycles. The SMILES string of the molecule is O=C(Cc1ccccc1[N+](=O)[O-])N/N=C/c1cc(Br)c(OCc2ccccc2Cl)c(Br)c1. The van der Waals surface area contributed by atoms with Crippen LogP contribution >= 0.6 is 43.5 Å². The van der Waals surface area contributed by atoms with Gasteiger partial charge in [0.2, 0.25) is 5.91 Å². The van der Waals surface area contributed by atoms with E-state index in [0.717, 1.165) is 5.56 Å². The Kier molecular flexibility index (Phi) is 8.38. The van der Waals surface area contributed by atoms with Crippen LogP contribution in [-0.2, 0) is 17.8 Å². The fraction of sp³-hybridized carbons (Fsp3) is 0.0909. The van der Waals surface area contributed by atoms with Gasteiger partial charge in [-0.15, -0.1) is 0 Å². The maximum atomic E-state index is 12.1. The van der Waals surface area contributed by atoms with E-state index in [2.05, 4.69) is 42.4 Å². The molecule has 164 valence electrons. The van der Waals surface area contributed by atoms with Crippen molar-refractivity contribution in [2.24, 2.45) is 5.10 Å². The highest BCUT2D eigenvalue weighted by molar-refractivity contribution is 9.11. The van der Waals surface area contributed by atoms with Crippen molar-refractivity contribution in [1.82, 2.24) is 5.43 Å². The molecule has 1 amide bonds. The van der Waals surface area contributed by atoms with Crippen LogP contribution in [0.15, 0.2) is 74.7 Å². The van der Waals surface area contributed by atoms with Gasteiger partial charge in [-0.05, 0) is 55.6 Å². The molecule has 32 heavy (non-hydrogen) atoms. The predicted octanol–water partition coefficient (Wildman–Crippen LogP) is 6.05. The average Bonchev–Trinajstić information content (AvgIpc) is 2.74. The van der Waals surface area contributed by atoms with Crippen LogP contribution in [0.1, 0.15) is 16.7 Å². The lowest BCUT2D eigenvalue weighted by molar-refractivity contribution is -0.385. The van der Waals surface area contributed by atoms with Crippen LogP contribution in [0.2, 0.25) is 5.02 Å². The molecule has 0 bridgehead atoms. The zero-order valence-electron chi connectivity index (χ0n) is 16.4. The molecule has 3 rings (SSSR count). The van der Waals surface area contributed by atoms with Gasteiger partial charge in [-0.25, -0.2) is 5.43 Å². The summed E-state index contributed by atoms with van der Waals surface area (Å²) in [6, 6.07) is 17.1. The molecule has 0 heterocycles. The summed E-state index contributed by atoms with van der Waals surface area (Å²) in [5.41, 5.74) is 4.15. The molecule has 0 atom stereocenters. The molecule has 0 aliphatic heterocycles. The van der Waals surface area contributed by atoms with E-state index in [1.54, 1.807) is 30.3 Å². The van der Waals surface area contributed by atoms with Gasteiger partial charge in [-0.3, -0.25) is 14.9 Å². The monoisotopic (exact) mass is 579 g/mol. The Balaban J connectivity index is 1.62. The van der Waals surface area contributed by atoms with Crippen molar-refractivity contribution >= 4 is 61.3 Å². The van der Waals surface area contributed by atoms with E-state index in [9.17, 15) is 14.9 Å². The van der Waals surface area contributed by atoms with Crippen molar-refractivity contribution < 1.29 is 14.5 Å². The smallest absolute Gasteiger partial charge is 0.273 e. The van der Waals surface area contributed by atoms with E-state index < -0.39 is 10.8 Å². The number of hydrazone groups is 1. The van der Waals surface area contributed by atoms with E-state index in [-0.39, 0.29) is 12.1 Å². The second kappa shape index (κ2) is 11.2. The number of hydrogen-bond donors (Lipinski definition) is 1. The maximum Gasteiger partial charge on any atom is 0.273 e. The first-order valence-corrected chi connectivity index (χ1v) is 11.2. The minimum absolute atomic E-state index is 0.105. The van der Waals surface area contributed by atoms with Gasteiger partial charge in [0.25, 0.3) is 5.69 Å². The topological polar surface area (TPSA) is 93.8 Å². The number of nitro benzene ring substituents is 1. The van der Waals surface area contributed by atoms with Gasteiger partial charge in [0, 0.05) is 22.2 Å². The number of rotatable bonds is 8. The van der Waals surface area contributed by atoms with E-state index in [0.29, 0.717) is 37.5 Å². The van der Waals surface area contributed by atoms with Crippen LogP contribution in [0.4, 0.5) is 5.69 Å². The summed E-state index contributed by atoms with van der Waals surface area (Å²) in [4.78, 5) is 22.7. The van der Waals surface area contributed by atoms with Crippen LogP contribution < -0.4 is 10.2 Å². The zero-order chi connectivity index (χ0) is 23.1. The molecule has 7 nitrogen and oxygen atoms in total. The molecule has 0 saturated heterocycles. The number of amides is 1. The molecule has 0 fully saturated rings. The number of hydrogen-bond acceptors (Lipinski definition) is 5. The van der Waals surface area contributed by atoms with Gasteiger partial charge in [-0.2, -0.15) is 5.10 Å². The average molecular weight is 582 g/mol. The molecule has 0 spiro atoms. The van der Waals surface area contributed by atoms with Gasteiger partial charge in [0.1, 0.15) is 12.4 Å². The number of benzene rings is 3. The quantitative estimate of drug-likeness (QED) is 0.199. The number of nitro groups is 1. The highest BCUT2D eigenvalue weighted by atomic mass is 79.9. The summed E-state index contributed by atoms with van der Waals surface area (Å²) in [5, 5.41) is 15.6. The van der Waals surface area contributed by atoms with E-state index >= 15 is 0 Å². The van der Waals surface area contributed by atoms with Crippen molar-refractivity contribution in [2.45, 2.75) is 13.0 Å². The highest BCUT2D eigenvalue weighted by Gasteiger charge is 2.15. The number of nitrogens with zero attached hydrogens (tertiary/aromatic N) is 2. The first kappa shape index (κ1) is 23.9. The number of para-hydroxylation sites is 1. The van der Waals surface area contributed by atoms with Crippen molar-refractivity contribution in [3.8, 4) is 5.75 Å². The molecule has 0 aromatic heterocycles. The van der Waals surface area contributed by atoms with Gasteiger partial charge < -0.3 is 4.74 Å². The van der Waals surface area contributed by atoms with Crippen LogP contribution in [-0.4, -0.2) is 17.0 Å². The Morgan fingerprint density at radius 3 is 2.38 bits per heavy atom. The maximum absolute atomic E-state index is 12.1. The largest absolute Gasteiger partial charge is 0.486 e. The summed E-state index contributed by atoms with van der Waals surface area (Å²) in [6.45, 7) is 0.298. The van der Waals surface area contributed by atoms with Gasteiger partial charge in [0.15, 0.2) is 0 Å². The Hall–Kier alpha value is -2.75. The standard InChI is InChI=1S/C22H16Br2ClN3O4/c23-17-9-14(10-18(24)22(17)32-13-16-6-1-3-7-19(16)25)12-26-27-21(29)11-15-5-2-4-8-20(15)28(30)31/h1-10,12H,11,13H2,(H,27,29)/b26-12+. The minimum Gasteiger partial charge on any atom is -0.486 e. The van der Waals surface area contributed by atoms with Crippen LogP contribution in [0.5, 0.6) is 5.75 Å². The third-order valence-corrected chi connectivity index (χ3v) is 5.84. The lowest BCUT2D eigenvalue weighted by atomic mass is 10.1. The second-order valence-electron chi connectivity index (χ2n) is 6.55. The normalized spacial score (nSPS) is 10.8. The lowest BCUT2D eigenvalue weighted by Crippen LogP contribution is -2.20. The molecule has 0 aliphatic carbocycles. The number of halogens is 3. The van der Waals surface area contributed by atoms with Crippen molar-refractivity contribution in [2.75, 3.05) is 0 Å². The van der Waals surface area contributed by atoms with Crippen molar-refractivity contribution in [3.05, 3.63) is 101 Å². The fourth-order valence-corrected chi connectivity index (χ4v) is 4.43. The summed E-state index contributed by atoms with van der Waals surface area (Å²) in [5.74, 6) is 0.135. The predicted molar refractivity (Wildman–Crippen MR) is 130 cm³/mol. The Morgan fingerprint density at radius 2 is 1.72 bits per heavy atom. The van der Waals surface area contributed by atoms with E-state index in [1.807, 2.05) is 18.2 Å². The molecule has 3 aromatic carbocycles. The molecule has 10 heteroatoms. The lowest BCUT2D eigenvalue weighted by Gasteiger charge is -2.12. The summed E-state index contributed by atoms with van der Waals surface area (Å²) < 4.78 is 7.25. The van der Waals surface area contributed by atoms with Crippen LogP contribution in [0, 0.1) is 10.1 Å². The third-order valence-electron chi connectivity index (χ3n) is 4.29. The van der Waals surface area contributed by atoms with Gasteiger partial charge >= 0.3 is 0 Å². The summed E-state index contributed by atoms with van der Waals surface area (Å²) >= 11 is 13.1. The Labute approximate surface area is 205 Å². The highest BCUT2D eigenvalue weighted by Crippen LogP contribution is 2.35. The van der Waals surface area contributed by atoms with Crippen LogP contribution in [0.25, 0.3) is 0 Å². The molecule has 0 radical (unpaired) electrons. The van der Waals surface area contributed by atoms with Crippen molar-refractivity contribution in [1.29, 1.82) is 0 Å². The fourth-order valence-electron chi connectivity index (χ4n) is 2.79. The Morgan fingerprint density at radius 1 is 1.09 bits per heavy atom. The molecule has 0 unspecified atom stereocenters. The zero-order valence-corrected chi connectivity index (χ0v) is 20.4. The number of carbonyl (C=O) groups is 1. The molecule has 1 N–H and O–H groups in total. The minimum atomic E-state index is -0.518. The number of ether oxygens (including phenoxy) is 1. The second-order valence-corrected chi connectivity index (χ2v) is 8.67. The van der Waals surface area contributed by atoms with E-state index in [4.69, 9.17) is 16.3 Å². The number of nitrogens with one attached hydrogen (secondary N) is 1. The van der Waals surface area contributed by atoms with E-state index in [1.165, 1.54) is 18.3 Å². The molecular weight excluding hydrogens is 566 g/mol. The van der Waals surface area contributed by atoms with Gasteiger partial charge in [0.05, 0.1) is 26.5 Å². The van der Waals surface area contributed by atoms with Crippen LogP contribution in [0.3, 0.4) is 0 Å². The Bertz CT molecular complexity index is 1160. The first-order chi connectivity index (χ1) is 15.3. The molecule has 0 aliphatic rings. The molecule has 3 aromatic rings. The van der Waals surface area contributed by atoms with Crippen molar-refractivity contribution in [3.63, 3.8) is 0 Å². The first-order valence-electron chi connectivity index (χ1n) is 9.24. The third kappa shape index (κ3) is 6.38.